The molecule has 0 spiro atoms. The van der Waals surface area contributed by atoms with Crippen molar-refractivity contribution in [1.82, 2.24) is 15.5 Å². The first kappa shape index (κ1) is 21.9. The zero-order valence-electron chi connectivity index (χ0n) is 16.3. The molecular formula is C20H32IN5O. The van der Waals surface area contributed by atoms with E-state index in [-0.39, 0.29) is 35.8 Å². The highest BCUT2D eigenvalue weighted by Crippen LogP contribution is 2.31. The predicted molar refractivity (Wildman–Crippen MR) is 122 cm³/mol. The third kappa shape index (κ3) is 6.34. The summed E-state index contributed by atoms with van der Waals surface area (Å²) in [5.74, 6) is 1.86. The molecule has 7 heteroatoms. The molecule has 0 bridgehead atoms. The van der Waals surface area contributed by atoms with E-state index in [1.807, 2.05) is 18.2 Å². The lowest BCUT2D eigenvalue weighted by Gasteiger charge is -2.31. The Kier molecular flexibility index (Phi) is 8.82. The van der Waals surface area contributed by atoms with Crippen molar-refractivity contribution in [1.29, 1.82) is 0 Å². The maximum atomic E-state index is 11.9. The molecule has 2 aliphatic heterocycles. The summed E-state index contributed by atoms with van der Waals surface area (Å²) >= 11 is 0. The molecule has 0 aromatic heterocycles. The molecule has 6 nitrogen and oxygen atoms in total. The van der Waals surface area contributed by atoms with Gasteiger partial charge in [0.05, 0.1) is 0 Å². The molecule has 2 atom stereocenters. The molecule has 2 unspecified atom stereocenters. The summed E-state index contributed by atoms with van der Waals surface area (Å²) in [5.41, 5.74) is 2.12. The van der Waals surface area contributed by atoms with Crippen molar-refractivity contribution in [2.45, 2.75) is 32.1 Å². The molecule has 2 aliphatic rings. The number of likely N-dealkylation sites (tertiary alicyclic amines) is 1. The molecule has 1 amide bonds. The summed E-state index contributed by atoms with van der Waals surface area (Å²) < 4.78 is 0. The molecule has 27 heavy (non-hydrogen) atoms. The van der Waals surface area contributed by atoms with Crippen molar-refractivity contribution < 1.29 is 4.79 Å². The lowest BCUT2D eigenvalue weighted by Crippen LogP contribution is -2.45. The van der Waals surface area contributed by atoms with Gasteiger partial charge in [-0.1, -0.05) is 25.1 Å². The van der Waals surface area contributed by atoms with Gasteiger partial charge in [0.25, 0.3) is 0 Å². The van der Waals surface area contributed by atoms with Crippen molar-refractivity contribution in [2.75, 3.05) is 45.1 Å². The van der Waals surface area contributed by atoms with Gasteiger partial charge in [-0.05, 0) is 36.9 Å². The van der Waals surface area contributed by atoms with E-state index < -0.39 is 0 Å². The number of hydrogen-bond acceptors (Lipinski definition) is 3. The van der Waals surface area contributed by atoms with Gasteiger partial charge < -0.3 is 20.9 Å². The molecule has 150 valence electrons. The monoisotopic (exact) mass is 485 g/mol. The van der Waals surface area contributed by atoms with Crippen LogP contribution in [-0.2, 0) is 4.79 Å². The van der Waals surface area contributed by atoms with E-state index in [2.05, 4.69) is 38.8 Å². The molecule has 3 N–H and O–H groups in total. The standard InChI is InChI=1S/C20H31N5O.HI/c1-15-6-5-10-25(14-15)11-9-22-20(21-2)23-13-16-12-19(26)24-18-8-4-3-7-17(16)18;/h3-4,7-8,15-16H,5-6,9-14H2,1-2H3,(H,24,26)(H2,21,22,23);1H. The van der Waals surface area contributed by atoms with Crippen LogP contribution in [0.15, 0.2) is 29.3 Å². The minimum atomic E-state index is 0. The van der Waals surface area contributed by atoms with Crippen molar-refractivity contribution in [3.63, 3.8) is 0 Å². The Morgan fingerprint density at radius 1 is 1.33 bits per heavy atom. The molecule has 1 aromatic rings. The molecule has 0 radical (unpaired) electrons. The molecule has 1 fully saturated rings. The zero-order chi connectivity index (χ0) is 18.4. The predicted octanol–water partition coefficient (Wildman–Crippen LogP) is 2.63. The van der Waals surface area contributed by atoms with Crippen LogP contribution in [0.4, 0.5) is 5.69 Å². The first-order chi connectivity index (χ1) is 12.7. The Bertz CT molecular complexity index is 651. The van der Waals surface area contributed by atoms with Crippen LogP contribution in [-0.4, -0.2) is 56.5 Å². The average molecular weight is 485 g/mol. The summed E-state index contributed by atoms with van der Waals surface area (Å²) in [7, 11) is 1.79. The van der Waals surface area contributed by atoms with Crippen LogP contribution in [0.5, 0.6) is 0 Å². The number of anilines is 1. The van der Waals surface area contributed by atoms with Gasteiger partial charge in [-0.3, -0.25) is 9.79 Å². The SMILES string of the molecule is CN=C(NCCN1CCCC(C)C1)NCC1CC(=O)Nc2ccccc21.I. The summed E-state index contributed by atoms with van der Waals surface area (Å²) in [5, 5.41) is 9.74. The fraction of sp³-hybridized carbons (Fsp3) is 0.600. The number of halogens is 1. The van der Waals surface area contributed by atoms with E-state index in [1.165, 1.54) is 31.5 Å². The van der Waals surface area contributed by atoms with E-state index >= 15 is 0 Å². The van der Waals surface area contributed by atoms with E-state index in [0.29, 0.717) is 13.0 Å². The number of nitrogens with one attached hydrogen (secondary N) is 3. The number of carbonyl (C=O) groups excluding carboxylic acids is 1. The zero-order valence-corrected chi connectivity index (χ0v) is 18.7. The van der Waals surface area contributed by atoms with Crippen molar-refractivity contribution >= 4 is 41.5 Å². The summed E-state index contributed by atoms with van der Waals surface area (Å²) in [6.45, 7) is 7.35. The van der Waals surface area contributed by atoms with Crippen LogP contribution in [0.2, 0.25) is 0 Å². The Labute approximate surface area is 179 Å². The topological polar surface area (TPSA) is 68.8 Å². The molecule has 1 saturated heterocycles. The average Bonchev–Trinajstić information content (AvgIpc) is 2.64. The fourth-order valence-electron chi connectivity index (χ4n) is 3.95. The fourth-order valence-corrected chi connectivity index (χ4v) is 3.95. The van der Waals surface area contributed by atoms with E-state index in [4.69, 9.17) is 0 Å². The molecule has 3 rings (SSSR count). The molecule has 0 saturated carbocycles. The van der Waals surface area contributed by atoms with Crippen LogP contribution in [0.1, 0.15) is 37.7 Å². The van der Waals surface area contributed by atoms with Crippen LogP contribution < -0.4 is 16.0 Å². The van der Waals surface area contributed by atoms with Crippen molar-refractivity contribution in [3.8, 4) is 0 Å². The summed E-state index contributed by atoms with van der Waals surface area (Å²) in [6, 6.07) is 8.04. The quantitative estimate of drug-likeness (QED) is 0.341. The van der Waals surface area contributed by atoms with Crippen LogP contribution in [0.3, 0.4) is 0 Å². The Morgan fingerprint density at radius 2 is 2.15 bits per heavy atom. The van der Waals surface area contributed by atoms with Gasteiger partial charge in [0.1, 0.15) is 0 Å². The Balaban J connectivity index is 0.00000261. The number of rotatable bonds is 5. The first-order valence-electron chi connectivity index (χ1n) is 9.71. The van der Waals surface area contributed by atoms with Crippen LogP contribution >= 0.6 is 24.0 Å². The second-order valence-electron chi connectivity index (χ2n) is 7.46. The number of hydrogen-bond donors (Lipinski definition) is 3. The second kappa shape index (κ2) is 10.8. The summed E-state index contributed by atoms with van der Waals surface area (Å²) in [6.07, 6.45) is 3.16. The van der Waals surface area contributed by atoms with E-state index in [0.717, 1.165) is 30.7 Å². The normalized spacial score (nSPS) is 23.0. The number of carbonyl (C=O) groups is 1. The largest absolute Gasteiger partial charge is 0.356 e. The van der Waals surface area contributed by atoms with Gasteiger partial charge in [0.2, 0.25) is 5.91 Å². The number of benzene rings is 1. The lowest BCUT2D eigenvalue weighted by atomic mass is 9.90. The number of guanidine groups is 1. The second-order valence-corrected chi connectivity index (χ2v) is 7.46. The van der Waals surface area contributed by atoms with E-state index in [1.54, 1.807) is 7.05 Å². The number of aliphatic imine (C=N–C) groups is 1. The third-order valence-electron chi connectivity index (χ3n) is 5.31. The van der Waals surface area contributed by atoms with Crippen molar-refractivity contribution in [2.24, 2.45) is 10.9 Å². The number of fused-ring (bicyclic) bond motifs is 1. The van der Waals surface area contributed by atoms with E-state index in [9.17, 15) is 4.79 Å². The smallest absolute Gasteiger partial charge is 0.225 e. The number of nitrogens with zero attached hydrogens (tertiary/aromatic N) is 2. The van der Waals surface area contributed by atoms with Crippen LogP contribution in [0.25, 0.3) is 0 Å². The maximum absolute atomic E-state index is 11.9. The number of amides is 1. The molecule has 1 aromatic carbocycles. The van der Waals surface area contributed by atoms with Gasteiger partial charge in [-0.15, -0.1) is 24.0 Å². The highest BCUT2D eigenvalue weighted by Gasteiger charge is 2.24. The maximum Gasteiger partial charge on any atom is 0.225 e. The van der Waals surface area contributed by atoms with Gasteiger partial charge in [-0.25, -0.2) is 0 Å². The highest BCUT2D eigenvalue weighted by molar-refractivity contribution is 14.0. The molecular weight excluding hydrogens is 453 g/mol. The van der Waals surface area contributed by atoms with Crippen molar-refractivity contribution in [3.05, 3.63) is 29.8 Å². The molecule has 2 heterocycles. The molecule has 0 aliphatic carbocycles. The third-order valence-corrected chi connectivity index (χ3v) is 5.31. The first-order valence-corrected chi connectivity index (χ1v) is 9.71. The number of para-hydroxylation sites is 1. The van der Waals surface area contributed by atoms with Gasteiger partial charge in [-0.2, -0.15) is 0 Å². The minimum Gasteiger partial charge on any atom is -0.356 e. The van der Waals surface area contributed by atoms with Crippen LogP contribution in [0, 0.1) is 5.92 Å². The highest BCUT2D eigenvalue weighted by atomic mass is 127. The van der Waals surface area contributed by atoms with Gasteiger partial charge in [0.15, 0.2) is 5.96 Å². The number of piperidine rings is 1. The summed E-state index contributed by atoms with van der Waals surface area (Å²) in [4.78, 5) is 18.8. The lowest BCUT2D eigenvalue weighted by molar-refractivity contribution is -0.116. The minimum absolute atomic E-state index is 0. The Morgan fingerprint density at radius 3 is 2.93 bits per heavy atom. The van der Waals surface area contributed by atoms with Gasteiger partial charge in [0, 0.05) is 51.3 Å². The Hall–Kier alpha value is -1.35. The van der Waals surface area contributed by atoms with Gasteiger partial charge >= 0.3 is 0 Å².